The topological polar surface area (TPSA) is 140 Å². The van der Waals surface area contributed by atoms with E-state index in [1.807, 2.05) is 60.7 Å². The largest absolute Gasteiger partial charge is 0.452 e. The Bertz CT molecular complexity index is 1220. The van der Waals surface area contributed by atoms with Gasteiger partial charge in [0.25, 0.3) is 0 Å². The van der Waals surface area contributed by atoms with Gasteiger partial charge in [0, 0.05) is 13.8 Å². The molecule has 0 spiro atoms. The van der Waals surface area contributed by atoms with Crippen molar-refractivity contribution in [3.63, 3.8) is 0 Å². The molecule has 0 aliphatic rings. The molecule has 2 N–H and O–H groups in total. The summed E-state index contributed by atoms with van der Waals surface area (Å²) in [7, 11) is 0. The summed E-state index contributed by atoms with van der Waals surface area (Å²) in [6, 6.07) is 21.0. The highest BCUT2D eigenvalue weighted by molar-refractivity contribution is 5.80. The molecule has 0 unspecified atom stereocenters. The molecule has 3 aromatic rings. The van der Waals surface area contributed by atoms with Crippen molar-refractivity contribution in [3.05, 3.63) is 89.5 Å². The third-order valence-corrected chi connectivity index (χ3v) is 4.81. The van der Waals surface area contributed by atoms with Crippen LogP contribution in [0.2, 0.25) is 0 Å². The zero-order valence-corrected chi connectivity index (χ0v) is 20.2. The Labute approximate surface area is 212 Å². The van der Waals surface area contributed by atoms with E-state index in [0.29, 0.717) is 0 Å². The summed E-state index contributed by atoms with van der Waals surface area (Å²) in [5.74, 6) is 1.06. The molecule has 3 rings (SSSR count). The Kier molecular flexibility index (Phi) is 9.48. The minimum Gasteiger partial charge on any atom is -0.452 e. The molecule has 0 heterocycles. The standard InChI is InChI=1S/C27H25NO9/c1-17(29)34-22-13-19(14-23(27(22)35-18(2)30)36-25(32)16-33-28)15-24(31)37-26(20-9-5-3-6-10-20)21-11-7-4-8-12-21/h3-14,26H,15-16,28H2,1-2H3. The lowest BCUT2D eigenvalue weighted by atomic mass is 10.0. The van der Waals surface area contributed by atoms with Crippen LogP contribution in [0.25, 0.3) is 0 Å². The molecule has 0 aliphatic heterocycles. The van der Waals surface area contributed by atoms with Crippen molar-refractivity contribution >= 4 is 23.9 Å². The number of nitrogens with two attached hydrogens (primary N) is 1. The van der Waals surface area contributed by atoms with E-state index in [9.17, 15) is 19.2 Å². The summed E-state index contributed by atoms with van der Waals surface area (Å²) < 4.78 is 21.3. The smallest absolute Gasteiger partial charge is 0.339 e. The molecule has 10 heteroatoms. The van der Waals surface area contributed by atoms with Gasteiger partial charge in [-0.25, -0.2) is 10.7 Å². The lowest BCUT2D eigenvalue weighted by molar-refractivity contribution is -0.146. The molecule has 192 valence electrons. The van der Waals surface area contributed by atoms with Gasteiger partial charge in [-0.05, 0) is 28.8 Å². The average Bonchev–Trinajstić information content (AvgIpc) is 2.85. The van der Waals surface area contributed by atoms with Crippen molar-refractivity contribution in [2.45, 2.75) is 26.4 Å². The number of hydrogen-bond donors (Lipinski definition) is 1. The first kappa shape index (κ1) is 27.1. The molecule has 0 saturated carbocycles. The molecular weight excluding hydrogens is 482 g/mol. The van der Waals surface area contributed by atoms with Crippen molar-refractivity contribution in [1.29, 1.82) is 0 Å². The summed E-state index contributed by atoms with van der Waals surface area (Å²) in [4.78, 5) is 52.7. The van der Waals surface area contributed by atoms with E-state index in [0.717, 1.165) is 25.0 Å². The van der Waals surface area contributed by atoms with Crippen LogP contribution in [0.1, 0.15) is 36.6 Å². The van der Waals surface area contributed by atoms with Gasteiger partial charge in [0.05, 0.1) is 6.42 Å². The average molecular weight is 507 g/mol. The van der Waals surface area contributed by atoms with Crippen LogP contribution in [-0.2, 0) is 35.2 Å². The van der Waals surface area contributed by atoms with Crippen molar-refractivity contribution in [2.24, 2.45) is 5.90 Å². The first-order valence-corrected chi connectivity index (χ1v) is 11.1. The number of rotatable bonds is 10. The van der Waals surface area contributed by atoms with Crippen LogP contribution in [0.5, 0.6) is 17.2 Å². The molecule has 0 fully saturated rings. The second kappa shape index (κ2) is 13.0. The van der Waals surface area contributed by atoms with Gasteiger partial charge in [-0.15, -0.1) is 0 Å². The van der Waals surface area contributed by atoms with E-state index in [1.54, 1.807) is 0 Å². The van der Waals surface area contributed by atoms with Crippen LogP contribution < -0.4 is 20.1 Å². The van der Waals surface area contributed by atoms with E-state index in [1.165, 1.54) is 12.1 Å². The molecule has 0 bridgehead atoms. The number of carbonyl (C=O) groups excluding carboxylic acids is 4. The van der Waals surface area contributed by atoms with Gasteiger partial charge in [0.2, 0.25) is 5.75 Å². The van der Waals surface area contributed by atoms with Gasteiger partial charge in [0.1, 0.15) is 0 Å². The number of ether oxygens (including phenoxy) is 4. The van der Waals surface area contributed by atoms with Crippen LogP contribution in [-0.4, -0.2) is 30.5 Å². The summed E-state index contributed by atoms with van der Waals surface area (Å²) >= 11 is 0. The van der Waals surface area contributed by atoms with Crippen LogP contribution >= 0.6 is 0 Å². The third kappa shape index (κ3) is 7.99. The monoisotopic (exact) mass is 507 g/mol. The van der Waals surface area contributed by atoms with Crippen LogP contribution in [0.4, 0.5) is 0 Å². The fourth-order valence-electron chi connectivity index (χ4n) is 3.43. The quantitative estimate of drug-likeness (QED) is 0.247. The SMILES string of the molecule is CC(=O)Oc1cc(CC(=O)OC(c2ccccc2)c2ccccc2)cc(OC(=O)CON)c1OC(C)=O. The highest BCUT2D eigenvalue weighted by atomic mass is 16.6. The molecule has 10 nitrogen and oxygen atoms in total. The van der Waals surface area contributed by atoms with E-state index in [-0.39, 0.29) is 29.2 Å². The first-order chi connectivity index (χ1) is 17.8. The molecule has 0 atom stereocenters. The van der Waals surface area contributed by atoms with Gasteiger partial charge < -0.3 is 18.9 Å². The van der Waals surface area contributed by atoms with Gasteiger partial charge >= 0.3 is 23.9 Å². The van der Waals surface area contributed by atoms with Crippen LogP contribution in [0, 0.1) is 0 Å². The Balaban J connectivity index is 1.94. The fraction of sp³-hybridized carbons (Fsp3) is 0.185. The molecule has 0 aromatic heterocycles. The number of esters is 4. The Morgan fingerprint density at radius 2 is 1.24 bits per heavy atom. The molecule has 0 amide bonds. The minimum atomic E-state index is -0.919. The summed E-state index contributed by atoms with van der Waals surface area (Å²) in [6.45, 7) is 1.64. The van der Waals surface area contributed by atoms with Crippen LogP contribution in [0.15, 0.2) is 72.8 Å². The lowest BCUT2D eigenvalue weighted by Gasteiger charge is -2.19. The van der Waals surface area contributed by atoms with E-state index in [2.05, 4.69) is 4.84 Å². The predicted octanol–water partition coefficient (Wildman–Crippen LogP) is 3.21. The molecule has 37 heavy (non-hydrogen) atoms. The Morgan fingerprint density at radius 1 is 0.730 bits per heavy atom. The van der Waals surface area contributed by atoms with Gasteiger partial charge in [-0.2, -0.15) is 0 Å². The van der Waals surface area contributed by atoms with Crippen molar-refractivity contribution in [1.82, 2.24) is 0 Å². The zero-order valence-electron chi connectivity index (χ0n) is 20.2. The third-order valence-electron chi connectivity index (χ3n) is 4.81. The number of hydrogen-bond acceptors (Lipinski definition) is 10. The van der Waals surface area contributed by atoms with E-state index >= 15 is 0 Å². The number of benzene rings is 3. The molecule has 0 saturated heterocycles. The normalized spacial score (nSPS) is 10.5. The summed E-state index contributed by atoms with van der Waals surface area (Å²) in [6.07, 6.45) is -0.968. The fourth-order valence-corrected chi connectivity index (χ4v) is 3.43. The maximum Gasteiger partial charge on any atom is 0.339 e. The summed E-state index contributed by atoms with van der Waals surface area (Å²) in [5.41, 5.74) is 1.79. The van der Waals surface area contributed by atoms with Crippen molar-refractivity contribution in [2.75, 3.05) is 6.61 Å². The zero-order chi connectivity index (χ0) is 26.8. The molecule has 3 aromatic carbocycles. The maximum absolute atomic E-state index is 13.0. The van der Waals surface area contributed by atoms with Gasteiger partial charge in [-0.3, -0.25) is 19.2 Å². The van der Waals surface area contributed by atoms with E-state index < -0.39 is 36.6 Å². The second-order valence-corrected chi connectivity index (χ2v) is 7.76. The molecule has 0 aliphatic carbocycles. The molecule has 0 radical (unpaired) electrons. The number of carbonyl (C=O) groups is 4. The Hall–Kier alpha value is -4.54. The van der Waals surface area contributed by atoms with Crippen molar-refractivity contribution < 1.29 is 43.0 Å². The van der Waals surface area contributed by atoms with Crippen LogP contribution in [0.3, 0.4) is 0 Å². The van der Waals surface area contributed by atoms with Crippen molar-refractivity contribution in [3.8, 4) is 17.2 Å². The predicted molar refractivity (Wildman–Crippen MR) is 129 cm³/mol. The van der Waals surface area contributed by atoms with Gasteiger partial charge in [0.15, 0.2) is 24.2 Å². The second-order valence-electron chi connectivity index (χ2n) is 7.76. The van der Waals surface area contributed by atoms with Gasteiger partial charge in [-0.1, -0.05) is 60.7 Å². The maximum atomic E-state index is 13.0. The first-order valence-electron chi connectivity index (χ1n) is 11.1. The Morgan fingerprint density at radius 3 is 1.73 bits per heavy atom. The highest BCUT2D eigenvalue weighted by Gasteiger charge is 2.24. The lowest BCUT2D eigenvalue weighted by Crippen LogP contribution is -2.19. The molecular formula is C27H25NO9. The van der Waals surface area contributed by atoms with E-state index in [4.69, 9.17) is 24.8 Å². The minimum absolute atomic E-state index is 0.230. The summed E-state index contributed by atoms with van der Waals surface area (Å²) in [5, 5.41) is 0. The highest BCUT2D eigenvalue weighted by Crippen LogP contribution is 2.40.